The molecule has 0 aliphatic carbocycles. The van der Waals surface area contributed by atoms with Gasteiger partial charge in [-0.3, -0.25) is 9.79 Å². The molecule has 0 aromatic rings. The highest BCUT2D eigenvalue weighted by molar-refractivity contribution is 5.98. The number of nitrogens with zero attached hydrogens (tertiary/aromatic N) is 1. The minimum Gasteiger partial charge on any atom is -0.481 e. The molecule has 1 atom stereocenters. The van der Waals surface area contributed by atoms with Gasteiger partial charge < -0.3 is 9.47 Å². The van der Waals surface area contributed by atoms with Crippen molar-refractivity contribution in [2.45, 2.75) is 26.7 Å². The van der Waals surface area contributed by atoms with Crippen LogP contribution in [0.3, 0.4) is 0 Å². The van der Waals surface area contributed by atoms with Crippen LogP contribution in [0.25, 0.3) is 0 Å². The summed E-state index contributed by atoms with van der Waals surface area (Å²) in [4.78, 5) is 15.7. The summed E-state index contributed by atoms with van der Waals surface area (Å²) < 4.78 is 10.3. The van der Waals surface area contributed by atoms with Crippen LogP contribution in [-0.4, -0.2) is 31.6 Å². The van der Waals surface area contributed by atoms with Gasteiger partial charge in [0, 0.05) is 6.54 Å². The SMILES string of the molecule is CCOC(=O)[C@@H]1CCCN=C1OCC. The predicted octanol–water partition coefficient (Wildman–Crippen LogP) is 1.39. The van der Waals surface area contributed by atoms with Gasteiger partial charge >= 0.3 is 5.97 Å². The molecule has 0 saturated carbocycles. The summed E-state index contributed by atoms with van der Waals surface area (Å²) in [6.07, 6.45) is 1.72. The smallest absolute Gasteiger partial charge is 0.318 e. The Balaban J connectivity index is 2.60. The third-order valence-electron chi connectivity index (χ3n) is 2.08. The number of carbonyl (C=O) groups excluding carboxylic acids is 1. The molecule has 80 valence electrons. The van der Waals surface area contributed by atoms with Gasteiger partial charge in [-0.25, -0.2) is 0 Å². The van der Waals surface area contributed by atoms with E-state index in [0.29, 0.717) is 19.1 Å². The number of aliphatic imine (C=N–C) groups is 1. The Hall–Kier alpha value is -1.06. The monoisotopic (exact) mass is 199 g/mol. The van der Waals surface area contributed by atoms with Gasteiger partial charge in [0.05, 0.1) is 13.2 Å². The molecular weight excluding hydrogens is 182 g/mol. The van der Waals surface area contributed by atoms with E-state index >= 15 is 0 Å². The van der Waals surface area contributed by atoms with Crippen LogP contribution >= 0.6 is 0 Å². The van der Waals surface area contributed by atoms with Crippen LogP contribution in [0.1, 0.15) is 26.7 Å². The second-order valence-corrected chi connectivity index (χ2v) is 3.10. The van der Waals surface area contributed by atoms with Gasteiger partial charge in [0.15, 0.2) is 5.90 Å². The van der Waals surface area contributed by atoms with E-state index in [9.17, 15) is 4.79 Å². The van der Waals surface area contributed by atoms with E-state index in [1.165, 1.54) is 0 Å². The summed E-state index contributed by atoms with van der Waals surface area (Å²) in [5.41, 5.74) is 0. The Morgan fingerprint density at radius 2 is 2.29 bits per heavy atom. The first-order chi connectivity index (χ1) is 6.79. The summed E-state index contributed by atoms with van der Waals surface area (Å²) in [5.74, 6) is 0.0697. The van der Waals surface area contributed by atoms with Crippen molar-refractivity contribution >= 4 is 11.9 Å². The highest BCUT2D eigenvalue weighted by Gasteiger charge is 2.29. The van der Waals surface area contributed by atoms with Gasteiger partial charge in [0.2, 0.25) is 0 Å². The number of hydrogen-bond donors (Lipinski definition) is 0. The fourth-order valence-electron chi connectivity index (χ4n) is 1.47. The molecule has 0 radical (unpaired) electrons. The van der Waals surface area contributed by atoms with Gasteiger partial charge in [0.25, 0.3) is 0 Å². The van der Waals surface area contributed by atoms with Crippen LogP contribution in [-0.2, 0) is 14.3 Å². The molecule has 1 heterocycles. The minimum absolute atomic E-state index is 0.209. The van der Waals surface area contributed by atoms with Gasteiger partial charge in [-0.1, -0.05) is 0 Å². The van der Waals surface area contributed by atoms with Gasteiger partial charge in [-0.05, 0) is 26.7 Å². The molecule has 0 amide bonds. The maximum atomic E-state index is 11.5. The molecule has 1 aliphatic rings. The number of esters is 1. The summed E-state index contributed by atoms with van der Waals surface area (Å²) >= 11 is 0. The van der Waals surface area contributed by atoms with Gasteiger partial charge in [0.1, 0.15) is 5.92 Å². The molecule has 4 heteroatoms. The highest BCUT2D eigenvalue weighted by atomic mass is 16.5. The van der Waals surface area contributed by atoms with Crippen molar-refractivity contribution in [3.8, 4) is 0 Å². The van der Waals surface area contributed by atoms with E-state index < -0.39 is 0 Å². The lowest BCUT2D eigenvalue weighted by Crippen LogP contribution is -2.31. The van der Waals surface area contributed by atoms with E-state index in [2.05, 4.69) is 4.99 Å². The normalized spacial score (nSPS) is 21.3. The highest BCUT2D eigenvalue weighted by Crippen LogP contribution is 2.17. The molecular formula is C10H17NO3. The Morgan fingerprint density at radius 1 is 1.50 bits per heavy atom. The van der Waals surface area contributed by atoms with Crippen LogP contribution in [0, 0.1) is 5.92 Å². The van der Waals surface area contributed by atoms with E-state index in [1.54, 1.807) is 6.92 Å². The molecule has 0 bridgehead atoms. The second kappa shape index (κ2) is 5.62. The molecule has 0 aromatic heterocycles. The maximum absolute atomic E-state index is 11.5. The fraction of sp³-hybridized carbons (Fsp3) is 0.800. The van der Waals surface area contributed by atoms with Crippen molar-refractivity contribution in [2.75, 3.05) is 19.8 Å². The van der Waals surface area contributed by atoms with E-state index in [4.69, 9.17) is 9.47 Å². The number of carbonyl (C=O) groups is 1. The van der Waals surface area contributed by atoms with E-state index in [1.807, 2.05) is 6.92 Å². The zero-order chi connectivity index (χ0) is 10.4. The maximum Gasteiger partial charge on any atom is 0.318 e. The summed E-state index contributed by atoms with van der Waals surface area (Å²) in [6, 6.07) is 0. The van der Waals surface area contributed by atoms with Crippen LogP contribution in [0.5, 0.6) is 0 Å². The zero-order valence-corrected chi connectivity index (χ0v) is 8.78. The van der Waals surface area contributed by atoms with Gasteiger partial charge in [-0.2, -0.15) is 0 Å². The number of rotatable bonds is 3. The largest absolute Gasteiger partial charge is 0.481 e. The number of hydrogen-bond acceptors (Lipinski definition) is 4. The Morgan fingerprint density at radius 3 is 2.93 bits per heavy atom. The lowest BCUT2D eigenvalue weighted by molar-refractivity contribution is -0.146. The van der Waals surface area contributed by atoms with E-state index in [-0.39, 0.29) is 11.9 Å². The molecule has 4 nitrogen and oxygen atoms in total. The van der Waals surface area contributed by atoms with Crippen LogP contribution in [0.2, 0.25) is 0 Å². The Kier molecular flexibility index (Phi) is 4.43. The predicted molar refractivity (Wildman–Crippen MR) is 53.3 cm³/mol. The van der Waals surface area contributed by atoms with Crippen molar-refractivity contribution in [3.63, 3.8) is 0 Å². The third-order valence-corrected chi connectivity index (χ3v) is 2.08. The second-order valence-electron chi connectivity index (χ2n) is 3.10. The van der Waals surface area contributed by atoms with Crippen molar-refractivity contribution in [1.29, 1.82) is 0 Å². The summed E-state index contributed by atoms with van der Waals surface area (Å²) in [5, 5.41) is 0. The molecule has 0 spiro atoms. The summed E-state index contributed by atoms with van der Waals surface area (Å²) in [7, 11) is 0. The minimum atomic E-state index is -0.274. The first kappa shape index (κ1) is 11.0. The van der Waals surface area contributed by atoms with Crippen molar-refractivity contribution in [1.82, 2.24) is 0 Å². The topological polar surface area (TPSA) is 47.9 Å². The van der Waals surface area contributed by atoms with Crippen LogP contribution in [0.4, 0.5) is 0 Å². The van der Waals surface area contributed by atoms with E-state index in [0.717, 1.165) is 19.4 Å². The van der Waals surface area contributed by atoms with Crippen molar-refractivity contribution in [2.24, 2.45) is 10.9 Å². The van der Waals surface area contributed by atoms with Crippen LogP contribution in [0.15, 0.2) is 4.99 Å². The zero-order valence-electron chi connectivity index (χ0n) is 8.78. The van der Waals surface area contributed by atoms with Gasteiger partial charge in [-0.15, -0.1) is 0 Å². The lowest BCUT2D eigenvalue weighted by atomic mass is 10.0. The molecule has 0 aromatic carbocycles. The molecule has 1 aliphatic heterocycles. The molecule has 0 fully saturated rings. The molecule has 14 heavy (non-hydrogen) atoms. The van der Waals surface area contributed by atoms with Crippen molar-refractivity contribution in [3.05, 3.63) is 0 Å². The van der Waals surface area contributed by atoms with Crippen molar-refractivity contribution < 1.29 is 14.3 Å². The lowest BCUT2D eigenvalue weighted by Gasteiger charge is -2.20. The molecule has 0 N–H and O–H groups in total. The average molecular weight is 199 g/mol. The Labute approximate surface area is 84.3 Å². The Bertz CT molecular complexity index is 225. The average Bonchev–Trinajstić information content (AvgIpc) is 2.19. The molecule has 1 rings (SSSR count). The first-order valence-corrected chi connectivity index (χ1v) is 5.13. The standard InChI is InChI=1S/C10H17NO3/c1-3-13-9-8(6-5-7-11-9)10(12)14-4-2/h8H,3-7H2,1-2H3/t8-/m1/s1. The first-order valence-electron chi connectivity index (χ1n) is 5.13. The summed E-state index contributed by atoms with van der Waals surface area (Å²) in [6.45, 7) is 5.41. The quantitative estimate of drug-likeness (QED) is 0.645. The fourth-order valence-corrected chi connectivity index (χ4v) is 1.47. The van der Waals surface area contributed by atoms with Crippen LogP contribution < -0.4 is 0 Å². The molecule has 0 saturated heterocycles. The third kappa shape index (κ3) is 2.72. The molecule has 0 unspecified atom stereocenters. The number of ether oxygens (including phenoxy) is 2.